The summed E-state index contributed by atoms with van der Waals surface area (Å²) in [6, 6.07) is 5.29. The molecule has 110 valence electrons. The second-order valence-electron chi connectivity index (χ2n) is 4.55. The molecular formula is C14H16N4O3. The van der Waals surface area contributed by atoms with Crippen molar-refractivity contribution in [3.63, 3.8) is 0 Å². The molecule has 21 heavy (non-hydrogen) atoms. The van der Waals surface area contributed by atoms with Crippen LogP contribution in [0, 0.1) is 0 Å². The van der Waals surface area contributed by atoms with Crippen molar-refractivity contribution in [2.75, 3.05) is 0 Å². The van der Waals surface area contributed by atoms with E-state index >= 15 is 0 Å². The Kier molecular flexibility index (Phi) is 4.68. The van der Waals surface area contributed by atoms with Crippen LogP contribution in [0.4, 0.5) is 0 Å². The lowest BCUT2D eigenvalue weighted by Gasteiger charge is -2.12. The average molecular weight is 288 g/mol. The summed E-state index contributed by atoms with van der Waals surface area (Å²) in [6.07, 6.45) is 3.25. The van der Waals surface area contributed by atoms with Crippen LogP contribution in [0.15, 0.2) is 36.8 Å². The monoisotopic (exact) mass is 288 g/mol. The number of benzene rings is 1. The van der Waals surface area contributed by atoms with E-state index in [0.29, 0.717) is 11.3 Å². The summed E-state index contributed by atoms with van der Waals surface area (Å²) in [5, 5.41) is 21.3. The summed E-state index contributed by atoms with van der Waals surface area (Å²) in [5.41, 5.74) is 7.16. The lowest BCUT2D eigenvalue weighted by Crippen LogP contribution is -2.41. The molecule has 0 saturated carbocycles. The second-order valence-corrected chi connectivity index (χ2v) is 4.55. The van der Waals surface area contributed by atoms with Crippen molar-refractivity contribution >= 4 is 5.91 Å². The van der Waals surface area contributed by atoms with Gasteiger partial charge in [-0.1, -0.05) is 6.07 Å². The number of rotatable bonds is 5. The molecule has 0 bridgehead atoms. The molecule has 0 radical (unpaired) electrons. The molecule has 1 aromatic heterocycles. The van der Waals surface area contributed by atoms with Gasteiger partial charge in [0.15, 0.2) is 11.5 Å². The Bertz CT molecular complexity index is 619. The molecular weight excluding hydrogens is 272 g/mol. The second kappa shape index (κ2) is 6.67. The molecule has 5 N–H and O–H groups in total. The minimum atomic E-state index is -0.754. The summed E-state index contributed by atoms with van der Waals surface area (Å²) in [7, 11) is 0. The first-order chi connectivity index (χ1) is 10.1. The van der Waals surface area contributed by atoms with E-state index in [9.17, 15) is 15.0 Å². The fourth-order valence-electron chi connectivity index (χ4n) is 1.77. The molecule has 1 atom stereocenters. The van der Waals surface area contributed by atoms with Crippen LogP contribution in [-0.4, -0.2) is 32.1 Å². The Hall–Kier alpha value is -2.67. The number of nitrogens with zero attached hydrogens (tertiary/aromatic N) is 2. The highest BCUT2D eigenvalue weighted by molar-refractivity contribution is 5.81. The van der Waals surface area contributed by atoms with Crippen molar-refractivity contribution in [2.45, 2.75) is 19.0 Å². The maximum Gasteiger partial charge on any atom is 0.237 e. The normalized spacial score (nSPS) is 11.9. The molecule has 0 aliphatic rings. The number of amides is 1. The van der Waals surface area contributed by atoms with Crippen LogP contribution in [0.2, 0.25) is 0 Å². The number of aromatic hydroxyl groups is 2. The molecule has 7 heteroatoms. The minimum absolute atomic E-state index is 0.208. The zero-order valence-corrected chi connectivity index (χ0v) is 11.2. The number of hydrogen-bond acceptors (Lipinski definition) is 6. The van der Waals surface area contributed by atoms with Gasteiger partial charge < -0.3 is 21.3 Å². The van der Waals surface area contributed by atoms with Crippen LogP contribution in [0.3, 0.4) is 0 Å². The third-order valence-corrected chi connectivity index (χ3v) is 2.92. The summed E-state index contributed by atoms with van der Waals surface area (Å²) < 4.78 is 0. The summed E-state index contributed by atoms with van der Waals surface area (Å²) in [5.74, 6) is -0.761. The van der Waals surface area contributed by atoms with Crippen molar-refractivity contribution in [1.82, 2.24) is 15.3 Å². The van der Waals surface area contributed by atoms with Gasteiger partial charge in [0.05, 0.1) is 18.3 Å². The van der Waals surface area contributed by atoms with E-state index in [1.165, 1.54) is 18.5 Å². The highest BCUT2D eigenvalue weighted by Crippen LogP contribution is 2.25. The molecule has 0 fully saturated rings. The summed E-state index contributed by atoms with van der Waals surface area (Å²) in [6.45, 7) is 0.274. The summed E-state index contributed by atoms with van der Waals surface area (Å²) >= 11 is 0. The number of carbonyl (C=O) groups is 1. The quantitative estimate of drug-likeness (QED) is 0.578. The number of phenols is 2. The molecule has 1 aromatic carbocycles. The number of phenolic OH excluding ortho intramolecular Hbond substituents is 2. The van der Waals surface area contributed by atoms with E-state index in [1.807, 2.05) is 0 Å². The Labute approximate surface area is 121 Å². The van der Waals surface area contributed by atoms with Crippen LogP contribution in [-0.2, 0) is 17.8 Å². The van der Waals surface area contributed by atoms with Crippen molar-refractivity contribution in [1.29, 1.82) is 0 Å². The minimum Gasteiger partial charge on any atom is -0.504 e. The van der Waals surface area contributed by atoms with Crippen LogP contribution < -0.4 is 11.1 Å². The fraction of sp³-hybridized carbons (Fsp3) is 0.214. The third kappa shape index (κ3) is 4.15. The summed E-state index contributed by atoms with van der Waals surface area (Å²) in [4.78, 5) is 19.7. The Morgan fingerprint density at radius 3 is 2.76 bits per heavy atom. The first kappa shape index (κ1) is 14.7. The van der Waals surface area contributed by atoms with Gasteiger partial charge >= 0.3 is 0 Å². The fourth-order valence-corrected chi connectivity index (χ4v) is 1.77. The molecule has 1 amide bonds. The lowest BCUT2D eigenvalue weighted by molar-refractivity contribution is -0.122. The number of nitrogens with one attached hydrogen (secondary N) is 1. The van der Waals surface area contributed by atoms with Gasteiger partial charge in [0.2, 0.25) is 5.91 Å². The molecule has 0 spiro atoms. The van der Waals surface area contributed by atoms with Crippen molar-refractivity contribution in [2.24, 2.45) is 5.73 Å². The van der Waals surface area contributed by atoms with E-state index in [4.69, 9.17) is 5.73 Å². The van der Waals surface area contributed by atoms with Crippen molar-refractivity contribution in [3.05, 3.63) is 48.0 Å². The Morgan fingerprint density at radius 1 is 1.29 bits per heavy atom. The van der Waals surface area contributed by atoms with Gasteiger partial charge in [-0.15, -0.1) is 0 Å². The van der Waals surface area contributed by atoms with E-state index in [2.05, 4.69) is 15.3 Å². The number of hydrogen-bond donors (Lipinski definition) is 4. The maximum atomic E-state index is 11.9. The SMILES string of the molecule is N[C@@H](Cc1ccc(O)c(O)c1)C(=O)NCc1ccncn1. The lowest BCUT2D eigenvalue weighted by atomic mass is 10.1. The molecule has 0 aliphatic heterocycles. The molecule has 2 rings (SSSR count). The van der Waals surface area contributed by atoms with E-state index < -0.39 is 6.04 Å². The van der Waals surface area contributed by atoms with Crippen LogP contribution in [0.5, 0.6) is 11.5 Å². The van der Waals surface area contributed by atoms with Gasteiger partial charge in [-0.25, -0.2) is 9.97 Å². The zero-order chi connectivity index (χ0) is 15.2. The number of carbonyl (C=O) groups excluding carboxylic acids is 1. The topological polar surface area (TPSA) is 121 Å². The van der Waals surface area contributed by atoms with E-state index in [1.54, 1.807) is 18.3 Å². The number of nitrogens with two attached hydrogens (primary N) is 1. The molecule has 0 aliphatic carbocycles. The molecule has 0 unspecified atom stereocenters. The maximum absolute atomic E-state index is 11.9. The smallest absolute Gasteiger partial charge is 0.237 e. The van der Waals surface area contributed by atoms with Crippen molar-refractivity contribution < 1.29 is 15.0 Å². The third-order valence-electron chi connectivity index (χ3n) is 2.92. The Balaban J connectivity index is 1.88. The van der Waals surface area contributed by atoms with Crippen LogP contribution in [0.1, 0.15) is 11.3 Å². The number of aromatic nitrogens is 2. The Morgan fingerprint density at radius 2 is 2.10 bits per heavy atom. The molecule has 2 aromatic rings. The highest BCUT2D eigenvalue weighted by atomic mass is 16.3. The van der Waals surface area contributed by atoms with Gasteiger partial charge in [0.25, 0.3) is 0 Å². The predicted octanol–water partition coefficient (Wildman–Crippen LogP) is 0.0740. The first-order valence-electron chi connectivity index (χ1n) is 6.35. The predicted molar refractivity (Wildman–Crippen MR) is 75.3 cm³/mol. The van der Waals surface area contributed by atoms with E-state index in [-0.39, 0.29) is 30.4 Å². The van der Waals surface area contributed by atoms with Gasteiger partial charge in [-0.05, 0) is 30.2 Å². The molecule has 0 saturated heterocycles. The van der Waals surface area contributed by atoms with Crippen LogP contribution >= 0.6 is 0 Å². The highest BCUT2D eigenvalue weighted by Gasteiger charge is 2.14. The largest absolute Gasteiger partial charge is 0.504 e. The van der Waals surface area contributed by atoms with Crippen molar-refractivity contribution in [3.8, 4) is 11.5 Å². The average Bonchev–Trinajstić information content (AvgIpc) is 2.49. The zero-order valence-electron chi connectivity index (χ0n) is 11.2. The molecule has 7 nitrogen and oxygen atoms in total. The van der Waals surface area contributed by atoms with Gasteiger partial charge in [0, 0.05) is 6.20 Å². The van der Waals surface area contributed by atoms with Gasteiger partial charge in [0.1, 0.15) is 6.33 Å². The van der Waals surface area contributed by atoms with E-state index in [0.717, 1.165) is 0 Å². The van der Waals surface area contributed by atoms with Crippen LogP contribution in [0.25, 0.3) is 0 Å². The standard InChI is InChI=1S/C14H16N4O3/c15-11(5-9-1-2-12(19)13(20)6-9)14(21)17-7-10-3-4-16-8-18-10/h1-4,6,8,11,19-20H,5,7,15H2,(H,17,21)/t11-/m0/s1. The van der Waals surface area contributed by atoms with Gasteiger partial charge in [-0.2, -0.15) is 0 Å². The molecule has 1 heterocycles. The van der Waals surface area contributed by atoms with Gasteiger partial charge in [-0.3, -0.25) is 4.79 Å². The first-order valence-corrected chi connectivity index (χ1v) is 6.35.